The number of thiophene rings is 1. The predicted molar refractivity (Wildman–Crippen MR) is 56.1 cm³/mol. The average Bonchev–Trinajstić information content (AvgIpc) is 2.46. The summed E-state index contributed by atoms with van der Waals surface area (Å²) in [5.41, 5.74) is 1.10. The lowest BCUT2D eigenvalue weighted by molar-refractivity contribution is 0.686. The fourth-order valence-corrected chi connectivity index (χ4v) is 2.64. The van der Waals surface area contributed by atoms with Crippen molar-refractivity contribution in [3.05, 3.63) is 15.8 Å². The van der Waals surface area contributed by atoms with E-state index in [0.717, 1.165) is 12.1 Å². The molecule has 1 aliphatic rings. The smallest absolute Gasteiger partial charge is 0.0995 e. The molecule has 2 rings (SSSR count). The second-order valence-corrected chi connectivity index (χ2v) is 5.05. The topological polar surface area (TPSA) is 24.7 Å². The molecule has 2 heterocycles. The van der Waals surface area contributed by atoms with E-state index in [1.807, 2.05) is 11.3 Å². The van der Waals surface area contributed by atoms with Gasteiger partial charge in [0.1, 0.15) is 0 Å². The molecule has 0 spiro atoms. The molecule has 0 saturated heterocycles. The quantitative estimate of drug-likeness (QED) is 0.647. The van der Waals surface area contributed by atoms with Gasteiger partial charge in [-0.1, -0.05) is 13.8 Å². The Labute approximate surface area is 82.7 Å². The Morgan fingerprint density at radius 1 is 1.54 bits per heavy atom. The number of hydrogen-bond donors (Lipinski definition) is 0. The maximum Gasteiger partial charge on any atom is 0.0995 e. The van der Waals surface area contributed by atoms with Crippen LogP contribution in [0.15, 0.2) is 16.3 Å². The highest BCUT2D eigenvalue weighted by Crippen LogP contribution is 2.37. The zero-order valence-corrected chi connectivity index (χ0v) is 9.06. The van der Waals surface area contributed by atoms with Crippen LogP contribution in [0.4, 0.5) is 5.69 Å². The van der Waals surface area contributed by atoms with Crippen molar-refractivity contribution in [2.45, 2.75) is 39.2 Å². The zero-order valence-electron chi connectivity index (χ0n) is 8.24. The molecule has 0 saturated carbocycles. The van der Waals surface area contributed by atoms with Gasteiger partial charge in [-0.05, 0) is 18.9 Å². The third-order valence-electron chi connectivity index (χ3n) is 2.22. The van der Waals surface area contributed by atoms with E-state index < -0.39 is 0 Å². The third kappa shape index (κ3) is 1.66. The van der Waals surface area contributed by atoms with E-state index >= 15 is 0 Å². The van der Waals surface area contributed by atoms with Gasteiger partial charge in [0.05, 0.1) is 11.7 Å². The van der Waals surface area contributed by atoms with Crippen molar-refractivity contribution in [3.8, 4) is 0 Å². The number of hydrogen-bond acceptors (Lipinski definition) is 3. The zero-order chi connectivity index (χ0) is 9.42. The van der Waals surface area contributed by atoms with Crippen LogP contribution in [-0.4, -0.2) is 6.04 Å². The van der Waals surface area contributed by atoms with E-state index in [1.165, 1.54) is 9.75 Å². The number of fused-ring (bicyclic) bond motifs is 1. The van der Waals surface area contributed by atoms with Crippen molar-refractivity contribution in [2.75, 3.05) is 0 Å². The lowest BCUT2D eigenvalue weighted by Gasteiger charge is -2.08. The summed E-state index contributed by atoms with van der Waals surface area (Å²) < 4.78 is 0. The molecule has 0 fully saturated rings. The maximum atomic E-state index is 4.21. The Hall–Kier alpha value is -0.700. The molecule has 1 atom stereocenters. The minimum atomic E-state index is 0.367. The third-order valence-corrected chi connectivity index (χ3v) is 3.67. The molecular formula is C10H14N2S. The van der Waals surface area contributed by atoms with E-state index in [0.29, 0.717) is 12.0 Å². The van der Waals surface area contributed by atoms with Crippen LogP contribution in [0, 0.1) is 0 Å². The molecule has 0 radical (unpaired) electrons. The molecule has 13 heavy (non-hydrogen) atoms. The molecule has 0 aliphatic carbocycles. The molecule has 1 unspecified atom stereocenters. The van der Waals surface area contributed by atoms with Gasteiger partial charge in [0.15, 0.2) is 0 Å². The van der Waals surface area contributed by atoms with Crippen LogP contribution in [0.1, 0.15) is 36.4 Å². The van der Waals surface area contributed by atoms with Crippen LogP contribution in [0.2, 0.25) is 0 Å². The minimum Gasteiger partial charge on any atom is -0.185 e. The molecule has 70 valence electrons. The van der Waals surface area contributed by atoms with Crippen LogP contribution in [0.5, 0.6) is 0 Å². The van der Waals surface area contributed by atoms with Gasteiger partial charge in [-0.2, -0.15) is 10.2 Å². The molecule has 1 aromatic heterocycles. The van der Waals surface area contributed by atoms with Crippen LogP contribution >= 0.6 is 11.3 Å². The summed E-state index contributed by atoms with van der Waals surface area (Å²) in [5.74, 6) is 0.612. The van der Waals surface area contributed by atoms with Crippen LogP contribution < -0.4 is 0 Å². The van der Waals surface area contributed by atoms with Gasteiger partial charge < -0.3 is 0 Å². The maximum absolute atomic E-state index is 4.21. The number of rotatable bonds is 1. The van der Waals surface area contributed by atoms with Gasteiger partial charge >= 0.3 is 0 Å². The van der Waals surface area contributed by atoms with Crippen molar-refractivity contribution in [1.29, 1.82) is 0 Å². The first-order chi connectivity index (χ1) is 6.16. The standard InChI is InChI=1S/C10H14N2S/c1-6(2)9-5-8-10(13-9)4-7(3)11-12-8/h5-7H,4H2,1-3H3. The average molecular weight is 194 g/mol. The molecule has 0 aromatic carbocycles. The second-order valence-electron chi connectivity index (χ2n) is 3.88. The van der Waals surface area contributed by atoms with E-state index in [1.54, 1.807) is 0 Å². The first-order valence-corrected chi connectivity index (χ1v) is 5.52. The largest absolute Gasteiger partial charge is 0.185 e. The Morgan fingerprint density at radius 2 is 2.31 bits per heavy atom. The molecule has 0 N–H and O–H groups in total. The van der Waals surface area contributed by atoms with Crippen molar-refractivity contribution < 1.29 is 0 Å². The molecule has 0 bridgehead atoms. The monoisotopic (exact) mass is 194 g/mol. The van der Waals surface area contributed by atoms with E-state index in [4.69, 9.17) is 0 Å². The Kier molecular flexibility index (Phi) is 2.20. The summed E-state index contributed by atoms with van der Waals surface area (Å²) in [6.45, 7) is 6.55. The van der Waals surface area contributed by atoms with Crippen molar-refractivity contribution in [1.82, 2.24) is 0 Å². The number of nitrogens with zero attached hydrogens (tertiary/aromatic N) is 2. The fourth-order valence-electron chi connectivity index (χ4n) is 1.42. The number of azo groups is 1. The second kappa shape index (κ2) is 3.22. The van der Waals surface area contributed by atoms with Gasteiger partial charge in [-0.25, -0.2) is 0 Å². The highest BCUT2D eigenvalue weighted by molar-refractivity contribution is 7.12. The summed E-state index contributed by atoms with van der Waals surface area (Å²) >= 11 is 1.89. The van der Waals surface area contributed by atoms with Gasteiger partial charge in [-0.3, -0.25) is 0 Å². The highest BCUT2D eigenvalue weighted by Gasteiger charge is 2.17. The summed E-state index contributed by atoms with van der Waals surface area (Å²) in [6, 6.07) is 2.55. The van der Waals surface area contributed by atoms with Gasteiger partial charge in [0.2, 0.25) is 0 Å². The van der Waals surface area contributed by atoms with Crippen LogP contribution in [0.3, 0.4) is 0 Å². The summed E-state index contributed by atoms with van der Waals surface area (Å²) in [6.07, 6.45) is 1.07. The summed E-state index contributed by atoms with van der Waals surface area (Å²) in [7, 11) is 0. The van der Waals surface area contributed by atoms with Gasteiger partial charge in [0, 0.05) is 16.2 Å². The first kappa shape index (κ1) is 8.88. The molecule has 3 heteroatoms. The highest BCUT2D eigenvalue weighted by atomic mass is 32.1. The normalized spacial score (nSPS) is 20.8. The molecule has 1 aliphatic heterocycles. The SMILES string of the molecule is CC1Cc2sc(C(C)C)cc2N=N1. The lowest BCUT2D eigenvalue weighted by Crippen LogP contribution is -2.03. The summed E-state index contributed by atoms with van der Waals surface area (Å²) in [5, 5.41) is 8.39. The van der Waals surface area contributed by atoms with Gasteiger partial charge in [0.25, 0.3) is 0 Å². The van der Waals surface area contributed by atoms with E-state index in [9.17, 15) is 0 Å². The molecule has 0 amide bonds. The Bertz CT molecular complexity index is 339. The van der Waals surface area contributed by atoms with Crippen LogP contribution in [0.25, 0.3) is 0 Å². The van der Waals surface area contributed by atoms with Crippen LogP contribution in [-0.2, 0) is 6.42 Å². The lowest BCUT2D eigenvalue weighted by atomic mass is 10.1. The Morgan fingerprint density at radius 3 is 3.00 bits per heavy atom. The van der Waals surface area contributed by atoms with E-state index in [-0.39, 0.29) is 0 Å². The van der Waals surface area contributed by atoms with Crippen molar-refractivity contribution in [2.24, 2.45) is 10.2 Å². The molecule has 1 aromatic rings. The first-order valence-electron chi connectivity index (χ1n) is 4.70. The Balaban J connectivity index is 2.36. The molecular weight excluding hydrogens is 180 g/mol. The fraction of sp³-hybridized carbons (Fsp3) is 0.600. The molecule has 2 nitrogen and oxygen atoms in total. The van der Waals surface area contributed by atoms with Crippen molar-refractivity contribution >= 4 is 17.0 Å². The minimum absolute atomic E-state index is 0.367. The summed E-state index contributed by atoms with van der Waals surface area (Å²) in [4.78, 5) is 2.84. The predicted octanol–water partition coefficient (Wildman–Crippen LogP) is 3.90. The van der Waals surface area contributed by atoms with Crippen molar-refractivity contribution in [3.63, 3.8) is 0 Å². The van der Waals surface area contributed by atoms with Gasteiger partial charge in [-0.15, -0.1) is 11.3 Å². The van der Waals surface area contributed by atoms with E-state index in [2.05, 4.69) is 37.1 Å².